The Morgan fingerprint density at radius 2 is 1.94 bits per heavy atom. The van der Waals surface area contributed by atoms with Crippen molar-refractivity contribution in [2.24, 2.45) is 0 Å². The molecule has 13 heteroatoms. The highest BCUT2D eigenvalue weighted by Gasteiger charge is 2.37. The van der Waals surface area contributed by atoms with Crippen LogP contribution >= 0.6 is 11.6 Å². The number of nitrogens with zero attached hydrogens (tertiary/aromatic N) is 4. The molecule has 4 aromatic rings. The highest BCUT2D eigenvalue weighted by atomic mass is 35.5. The summed E-state index contributed by atoms with van der Waals surface area (Å²) in [6.45, 7) is 1.53. The molecule has 0 unspecified atom stereocenters. The van der Waals surface area contributed by atoms with Gasteiger partial charge in [0.25, 0.3) is 11.6 Å². The summed E-state index contributed by atoms with van der Waals surface area (Å²) >= 11 is 6.28. The maximum Gasteiger partial charge on any atom is 0.433 e. The summed E-state index contributed by atoms with van der Waals surface area (Å²) in [7, 11) is 1.42. The molecule has 2 aromatic heterocycles. The number of aromatic nitrogens is 3. The molecule has 0 aliphatic heterocycles. The lowest BCUT2D eigenvalue weighted by molar-refractivity contribution is -0.384. The fraction of sp³-hybridized carbons (Fsp3) is 0.136. The molecule has 0 aliphatic carbocycles. The van der Waals surface area contributed by atoms with Crippen LogP contribution in [0.25, 0.3) is 16.9 Å². The highest BCUT2D eigenvalue weighted by Crippen LogP contribution is 2.35. The first-order valence-corrected chi connectivity index (χ1v) is 10.2. The van der Waals surface area contributed by atoms with E-state index >= 15 is 0 Å². The van der Waals surface area contributed by atoms with Gasteiger partial charge in [-0.25, -0.2) is 9.50 Å². The van der Waals surface area contributed by atoms with Crippen molar-refractivity contribution in [3.63, 3.8) is 0 Å². The van der Waals surface area contributed by atoms with Gasteiger partial charge in [-0.2, -0.15) is 18.3 Å². The summed E-state index contributed by atoms with van der Waals surface area (Å²) < 4.78 is 47.3. The zero-order chi connectivity index (χ0) is 25.5. The Bertz CT molecular complexity index is 1490. The van der Waals surface area contributed by atoms with E-state index in [2.05, 4.69) is 15.4 Å². The minimum atomic E-state index is -4.84. The summed E-state index contributed by atoms with van der Waals surface area (Å²) in [5, 5.41) is 16.8. The summed E-state index contributed by atoms with van der Waals surface area (Å²) in [5.74, 6) is -0.496. The van der Waals surface area contributed by atoms with E-state index in [9.17, 15) is 28.1 Å². The number of rotatable bonds is 5. The fourth-order valence-corrected chi connectivity index (χ4v) is 3.60. The van der Waals surface area contributed by atoms with Gasteiger partial charge in [0.15, 0.2) is 17.0 Å². The third-order valence-corrected chi connectivity index (χ3v) is 5.42. The molecular formula is C22H15ClF3N5O4. The molecule has 0 aliphatic rings. The van der Waals surface area contributed by atoms with Crippen molar-refractivity contribution >= 4 is 34.5 Å². The SMILES string of the molecule is COc1cccc(-c2cc(C(F)(F)F)n3nc(C(=O)Nc4ccc([N+](=O)[O-])cc4C)c(Cl)c3n2)c1. The minimum absolute atomic E-state index is 0.0521. The van der Waals surface area contributed by atoms with Gasteiger partial charge in [0.2, 0.25) is 0 Å². The Kier molecular flexibility index (Phi) is 6.07. The number of benzene rings is 2. The number of methoxy groups -OCH3 is 1. The highest BCUT2D eigenvalue weighted by molar-refractivity contribution is 6.37. The number of ether oxygens (including phenoxy) is 1. The van der Waals surface area contributed by atoms with Crippen molar-refractivity contribution in [1.29, 1.82) is 0 Å². The maximum absolute atomic E-state index is 13.9. The first-order chi connectivity index (χ1) is 16.5. The number of alkyl halides is 3. The minimum Gasteiger partial charge on any atom is -0.497 e. The lowest BCUT2D eigenvalue weighted by atomic mass is 10.1. The lowest BCUT2D eigenvalue weighted by Gasteiger charge is -2.11. The second kappa shape index (κ2) is 8.87. The average Bonchev–Trinajstić information content (AvgIpc) is 3.15. The Hall–Kier alpha value is -4.19. The molecule has 0 bridgehead atoms. The van der Waals surface area contributed by atoms with Crippen LogP contribution in [-0.2, 0) is 6.18 Å². The van der Waals surface area contributed by atoms with Crippen LogP contribution in [0.15, 0.2) is 48.5 Å². The summed E-state index contributed by atoms with van der Waals surface area (Å²) in [5.41, 5.74) is -1.39. The number of amides is 1. The van der Waals surface area contributed by atoms with E-state index < -0.39 is 33.4 Å². The van der Waals surface area contributed by atoms with Gasteiger partial charge in [0.05, 0.1) is 17.7 Å². The van der Waals surface area contributed by atoms with Crippen LogP contribution in [0.5, 0.6) is 5.75 Å². The molecule has 1 amide bonds. The number of hydrogen-bond acceptors (Lipinski definition) is 6. The van der Waals surface area contributed by atoms with Gasteiger partial charge in [0, 0.05) is 23.4 Å². The Morgan fingerprint density at radius 1 is 1.20 bits per heavy atom. The van der Waals surface area contributed by atoms with Gasteiger partial charge in [-0.05, 0) is 36.8 Å². The quantitative estimate of drug-likeness (QED) is 0.281. The second-order valence-corrected chi connectivity index (χ2v) is 7.74. The monoisotopic (exact) mass is 505 g/mol. The summed E-state index contributed by atoms with van der Waals surface area (Å²) in [6, 6.07) is 10.8. The molecule has 35 heavy (non-hydrogen) atoms. The average molecular weight is 506 g/mol. The molecule has 180 valence electrons. The number of nitro groups is 1. The van der Waals surface area contributed by atoms with Crippen LogP contribution in [0.1, 0.15) is 21.7 Å². The Labute approximate surface area is 200 Å². The molecule has 2 aromatic carbocycles. The van der Waals surface area contributed by atoms with E-state index in [-0.39, 0.29) is 22.7 Å². The predicted molar refractivity (Wildman–Crippen MR) is 121 cm³/mol. The molecule has 1 N–H and O–H groups in total. The third kappa shape index (κ3) is 4.60. The van der Waals surface area contributed by atoms with Gasteiger partial charge >= 0.3 is 6.18 Å². The molecule has 0 spiro atoms. The van der Waals surface area contributed by atoms with Crippen LogP contribution in [0.2, 0.25) is 5.02 Å². The van der Waals surface area contributed by atoms with E-state index in [0.29, 0.717) is 21.4 Å². The van der Waals surface area contributed by atoms with E-state index in [0.717, 1.165) is 6.07 Å². The third-order valence-electron chi connectivity index (χ3n) is 5.07. The zero-order valence-corrected chi connectivity index (χ0v) is 18.8. The molecule has 0 fully saturated rings. The Morgan fingerprint density at radius 3 is 2.57 bits per heavy atom. The van der Waals surface area contributed by atoms with Crippen molar-refractivity contribution in [1.82, 2.24) is 14.6 Å². The predicted octanol–water partition coefficient (Wildman–Crippen LogP) is 5.55. The topological polar surface area (TPSA) is 112 Å². The van der Waals surface area contributed by atoms with Gasteiger partial charge in [0.1, 0.15) is 10.8 Å². The number of carbonyl (C=O) groups is 1. The second-order valence-electron chi connectivity index (χ2n) is 7.36. The smallest absolute Gasteiger partial charge is 0.433 e. The molecular weight excluding hydrogens is 491 g/mol. The van der Waals surface area contributed by atoms with E-state index in [4.69, 9.17) is 16.3 Å². The van der Waals surface area contributed by atoms with Gasteiger partial charge in [-0.1, -0.05) is 23.7 Å². The number of non-ortho nitro benzene ring substituents is 1. The first kappa shape index (κ1) is 24.0. The number of aryl methyl sites for hydroxylation is 1. The molecule has 0 radical (unpaired) electrons. The Balaban J connectivity index is 1.81. The van der Waals surface area contributed by atoms with Crippen LogP contribution in [0.4, 0.5) is 24.5 Å². The standard InChI is InChI=1S/C22H15ClF3N5O4/c1-11-8-13(31(33)34)6-7-15(11)28-21(32)19-18(23)20-27-16(12-4-3-5-14(9-12)35-2)10-17(22(24,25)26)30(20)29-19/h3-10H,1-2H3,(H,28,32). The number of halogens is 4. The normalized spacial score (nSPS) is 11.5. The molecule has 0 saturated carbocycles. The number of hydrogen-bond donors (Lipinski definition) is 1. The van der Waals surface area contributed by atoms with E-state index in [1.807, 2.05) is 0 Å². The van der Waals surface area contributed by atoms with Gasteiger partial charge in [-0.15, -0.1) is 0 Å². The lowest BCUT2D eigenvalue weighted by Crippen LogP contribution is -2.16. The molecule has 0 atom stereocenters. The fourth-order valence-electron chi connectivity index (χ4n) is 3.35. The first-order valence-electron chi connectivity index (χ1n) is 9.87. The van der Waals surface area contributed by atoms with Gasteiger partial charge in [-0.3, -0.25) is 14.9 Å². The largest absolute Gasteiger partial charge is 0.497 e. The van der Waals surface area contributed by atoms with Crippen LogP contribution in [0.3, 0.4) is 0 Å². The van der Waals surface area contributed by atoms with Crippen LogP contribution in [-0.4, -0.2) is 32.5 Å². The molecule has 0 saturated heterocycles. The van der Waals surface area contributed by atoms with Crippen molar-refractivity contribution in [2.75, 3.05) is 12.4 Å². The number of nitrogens with one attached hydrogen (secondary N) is 1. The molecule has 2 heterocycles. The van der Waals surface area contributed by atoms with E-state index in [1.54, 1.807) is 18.2 Å². The molecule has 4 rings (SSSR count). The van der Waals surface area contributed by atoms with E-state index in [1.165, 1.54) is 38.3 Å². The van der Waals surface area contributed by atoms with Gasteiger partial charge < -0.3 is 10.1 Å². The van der Waals surface area contributed by atoms with Crippen LogP contribution in [0, 0.1) is 17.0 Å². The van der Waals surface area contributed by atoms with Crippen molar-refractivity contribution in [2.45, 2.75) is 13.1 Å². The summed E-state index contributed by atoms with van der Waals surface area (Å²) in [6.07, 6.45) is -4.84. The zero-order valence-electron chi connectivity index (χ0n) is 18.1. The van der Waals surface area contributed by atoms with Crippen LogP contribution < -0.4 is 10.1 Å². The number of nitro benzene ring substituents is 1. The summed E-state index contributed by atoms with van der Waals surface area (Å²) in [4.78, 5) is 27.4. The molecule has 9 nitrogen and oxygen atoms in total. The number of anilines is 1. The number of carbonyl (C=O) groups excluding carboxylic acids is 1. The van der Waals surface area contributed by atoms with Crippen molar-refractivity contribution in [3.8, 4) is 17.0 Å². The van der Waals surface area contributed by atoms with Crippen molar-refractivity contribution in [3.05, 3.63) is 80.6 Å². The maximum atomic E-state index is 13.9. The number of fused-ring (bicyclic) bond motifs is 1. The van der Waals surface area contributed by atoms with Crippen molar-refractivity contribution < 1.29 is 27.6 Å².